The highest BCUT2D eigenvalue weighted by Gasteiger charge is 2.09. The molecule has 1 heterocycles. The molecule has 0 fully saturated rings. The van der Waals surface area contributed by atoms with E-state index in [2.05, 4.69) is 24.3 Å². The molecule has 0 radical (unpaired) electrons. The molecule has 0 amide bonds. The minimum Gasteiger partial charge on any atom is -0.327 e. The molecule has 0 spiro atoms. The monoisotopic (exact) mass is 227 g/mol. The van der Waals surface area contributed by atoms with E-state index in [1.807, 2.05) is 23.4 Å². The average Bonchev–Trinajstić information content (AvgIpc) is 2.55. The summed E-state index contributed by atoms with van der Waals surface area (Å²) in [5, 5.41) is 4.42. The Morgan fingerprint density at radius 1 is 1.60 bits per heavy atom. The first-order valence-corrected chi connectivity index (χ1v) is 6.84. The van der Waals surface area contributed by atoms with E-state index in [4.69, 9.17) is 5.73 Å². The lowest BCUT2D eigenvalue weighted by Gasteiger charge is -2.11. The number of nitrogens with two attached hydrogens (primary N) is 1. The summed E-state index contributed by atoms with van der Waals surface area (Å²) in [4.78, 5) is 0. The summed E-state index contributed by atoms with van der Waals surface area (Å²) in [6.07, 6.45) is 4.14. The van der Waals surface area contributed by atoms with Crippen molar-refractivity contribution < 1.29 is 0 Å². The van der Waals surface area contributed by atoms with Crippen molar-refractivity contribution in [2.75, 3.05) is 12.0 Å². The van der Waals surface area contributed by atoms with Gasteiger partial charge in [0, 0.05) is 24.7 Å². The Morgan fingerprint density at radius 2 is 2.33 bits per heavy atom. The third kappa shape index (κ3) is 3.87. The van der Waals surface area contributed by atoms with Crippen LogP contribution in [0.1, 0.15) is 24.7 Å². The maximum atomic E-state index is 6.07. The van der Waals surface area contributed by atoms with Gasteiger partial charge in [0.2, 0.25) is 0 Å². The lowest BCUT2D eigenvalue weighted by molar-refractivity contribution is 0.570. The molecule has 3 nitrogen and oxygen atoms in total. The van der Waals surface area contributed by atoms with Crippen LogP contribution in [0.3, 0.4) is 0 Å². The molecule has 0 saturated heterocycles. The van der Waals surface area contributed by atoms with Gasteiger partial charge in [0.1, 0.15) is 0 Å². The summed E-state index contributed by atoms with van der Waals surface area (Å²) in [6.45, 7) is 5.07. The van der Waals surface area contributed by atoms with E-state index in [0.717, 1.165) is 30.8 Å². The van der Waals surface area contributed by atoms with Gasteiger partial charge < -0.3 is 5.73 Å². The SMILES string of the molecule is CCn1nc(C)cc1CC(N)CCSC. The predicted octanol–water partition coefficient (Wildman–Crippen LogP) is 1.83. The summed E-state index contributed by atoms with van der Waals surface area (Å²) in [7, 11) is 0. The van der Waals surface area contributed by atoms with E-state index >= 15 is 0 Å². The van der Waals surface area contributed by atoms with Crippen molar-refractivity contribution in [1.82, 2.24) is 9.78 Å². The molecule has 1 unspecified atom stereocenters. The van der Waals surface area contributed by atoms with Crippen LogP contribution < -0.4 is 5.73 Å². The summed E-state index contributed by atoms with van der Waals surface area (Å²) >= 11 is 1.85. The number of hydrogen-bond acceptors (Lipinski definition) is 3. The Bertz CT molecular complexity index is 296. The van der Waals surface area contributed by atoms with Crippen molar-refractivity contribution in [3.8, 4) is 0 Å². The summed E-state index contributed by atoms with van der Waals surface area (Å²) in [5.74, 6) is 1.14. The van der Waals surface area contributed by atoms with Crippen molar-refractivity contribution in [2.24, 2.45) is 5.73 Å². The fourth-order valence-corrected chi connectivity index (χ4v) is 2.22. The first kappa shape index (κ1) is 12.6. The van der Waals surface area contributed by atoms with Crippen LogP contribution in [0.25, 0.3) is 0 Å². The fourth-order valence-electron chi connectivity index (χ4n) is 1.68. The number of hydrogen-bond donors (Lipinski definition) is 1. The minimum absolute atomic E-state index is 0.263. The third-order valence-corrected chi connectivity index (χ3v) is 3.09. The largest absolute Gasteiger partial charge is 0.327 e. The Balaban J connectivity index is 2.54. The molecule has 1 aromatic rings. The Kier molecular flexibility index (Phi) is 5.19. The van der Waals surface area contributed by atoms with Gasteiger partial charge in [-0.05, 0) is 38.3 Å². The van der Waals surface area contributed by atoms with Gasteiger partial charge in [-0.1, -0.05) is 0 Å². The van der Waals surface area contributed by atoms with Gasteiger partial charge in [-0.3, -0.25) is 4.68 Å². The van der Waals surface area contributed by atoms with Gasteiger partial charge in [-0.2, -0.15) is 16.9 Å². The summed E-state index contributed by atoms with van der Waals surface area (Å²) in [6, 6.07) is 2.40. The maximum absolute atomic E-state index is 6.07. The molecule has 1 aromatic heterocycles. The normalized spacial score (nSPS) is 13.1. The summed E-state index contributed by atoms with van der Waals surface area (Å²) in [5.41, 5.74) is 8.42. The quantitative estimate of drug-likeness (QED) is 0.806. The lowest BCUT2D eigenvalue weighted by Crippen LogP contribution is -2.25. The number of aromatic nitrogens is 2. The van der Waals surface area contributed by atoms with Crippen LogP contribution in [0.2, 0.25) is 0 Å². The molecule has 0 saturated carbocycles. The van der Waals surface area contributed by atoms with Crippen LogP contribution in [-0.4, -0.2) is 27.8 Å². The van der Waals surface area contributed by atoms with Crippen molar-refractivity contribution in [3.63, 3.8) is 0 Å². The molecule has 15 heavy (non-hydrogen) atoms. The smallest absolute Gasteiger partial charge is 0.0596 e. The van der Waals surface area contributed by atoms with E-state index in [0.29, 0.717) is 0 Å². The second-order valence-electron chi connectivity index (χ2n) is 3.84. The molecular weight excluding hydrogens is 206 g/mol. The van der Waals surface area contributed by atoms with Gasteiger partial charge in [0.25, 0.3) is 0 Å². The van der Waals surface area contributed by atoms with Gasteiger partial charge in [-0.25, -0.2) is 0 Å². The molecule has 0 aliphatic carbocycles. The molecular formula is C11H21N3S. The van der Waals surface area contributed by atoms with Crippen LogP contribution in [-0.2, 0) is 13.0 Å². The Hall–Kier alpha value is -0.480. The molecule has 0 bridgehead atoms. The molecule has 4 heteroatoms. The zero-order valence-electron chi connectivity index (χ0n) is 9.86. The van der Waals surface area contributed by atoms with Gasteiger partial charge in [-0.15, -0.1) is 0 Å². The molecule has 86 valence electrons. The fraction of sp³-hybridized carbons (Fsp3) is 0.727. The van der Waals surface area contributed by atoms with E-state index in [9.17, 15) is 0 Å². The van der Waals surface area contributed by atoms with Crippen LogP contribution in [0.4, 0.5) is 0 Å². The second kappa shape index (κ2) is 6.18. The highest BCUT2D eigenvalue weighted by Crippen LogP contribution is 2.09. The van der Waals surface area contributed by atoms with Gasteiger partial charge in [0.05, 0.1) is 5.69 Å². The minimum atomic E-state index is 0.263. The number of thioether (sulfide) groups is 1. The van der Waals surface area contributed by atoms with Crippen LogP contribution >= 0.6 is 11.8 Å². The first-order valence-electron chi connectivity index (χ1n) is 5.45. The van der Waals surface area contributed by atoms with Crippen LogP contribution in [0.5, 0.6) is 0 Å². The molecule has 1 atom stereocenters. The zero-order chi connectivity index (χ0) is 11.3. The highest BCUT2D eigenvalue weighted by atomic mass is 32.2. The van der Waals surface area contributed by atoms with Crippen LogP contribution in [0, 0.1) is 6.92 Å². The molecule has 2 N–H and O–H groups in total. The van der Waals surface area contributed by atoms with Gasteiger partial charge >= 0.3 is 0 Å². The lowest BCUT2D eigenvalue weighted by atomic mass is 10.1. The molecule has 0 aliphatic heterocycles. The van der Waals surface area contributed by atoms with Crippen molar-refractivity contribution >= 4 is 11.8 Å². The van der Waals surface area contributed by atoms with E-state index in [1.165, 1.54) is 5.69 Å². The topological polar surface area (TPSA) is 43.8 Å². The number of nitrogens with zero attached hydrogens (tertiary/aromatic N) is 2. The Morgan fingerprint density at radius 3 is 2.93 bits per heavy atom. The number of rotatable bonds is 6. The zero-order valence-corrected chi connectivity index (χ0v) is 10.7. The Labute approximate surface area is 96.4 Å². The second-order valence-corrected chi connectivity index (χ2v) is 4.82. The van der Waals surface area contributed by atoms with Crippen molar-refractivity contribution in [3.05, 3.63) is 17.5 Å². The molecule has 0 aliphatic rings. The van der Waals surface area contributed by atoms with Crippen molar-refractivity contribution in [2.45, 2.75) is 39.3 Å². The third-order valence-electron chi connectivity index (χ3n) is 2.45. The predicted molar refractivity (Wildman–Crippen MR) is 67.3 cm³/mol. The number of aryl methyl sites for hydroxylation is 2. The van der Waals surface area contributed by atoms with E-state index < -0.39 is 0 Å². The van der Waals surface area contributed by atoms with Crippen LogP contribution in [0.15, 0.2) is 6.07 Å². The highest BCUT2D eigenvalue weighted by molar-refractivity contribution is 7.98. The standard InChI is InChI=1S/C11H21N3S/c1-4-14-11(7-9(2)13-14)8-10(12)5-6-15-3/h7,10H,4-6,8,12H2,1-3H3. The first-order chi connectivity index (χ1) is 7.17. The van der Waals surface area contributed by atoms with Gasteiger partial charge in [0.15, 0.2) is 0 Å². The molecule has 1 rings (SSSR count). The maximum Gasteiger partial charge on any atom is 0.0596 e. The van der Waals surface area contributed by atoms with E-state index in [1.54, 1.807) is 0 Å². The van der Waals surface area contributed by atoms with Crippen molar-refractivity contribution in [1.29, 1.82) is 0 Å². The average molecular weight is 227 g/mol. The molecule has 0 aromatic carbocycles. The summed E-state index contributed by atoms with van der Waals surface area (Å²) < 4.78 is 2.05. The van der Waals surface area contributed by atoms with E-state index in [-0.39, 0.29) is 6.04 Å².